The van der Waals surface area contributed by atoms with Crippen molar-refractivity contribution in [3.63, 3.8) is 0 Å². The van der Waals surface area contributed by atoms with E-state index in [4.69, 9.17) is 19.9 Å². The molecule has 0 amide bonds. The molecule has 0 atom stereocenters. The molecule has 3 aromatic heterocycles. The number of benzene rings is 3. The van der Waals surface area contributed by atoms with Crippen LogP contribution in [0.3, 0.4) is 0 Å². The fourth-order valence-electron chi connectivity index (χ4n) is 6.30. The Balaban J connectivity index is 1.27. The SMILES string of the molecule is CCc1cc(-c2ccc(-c3nc(C4=CCCCC4)c4sc5ccccc5c4n3)cc2)c2ccc3c(c2n1)N=CCC3. The van der Waals surface area contributed by atoms with Gasteiger partial charge in [-0.1, -0.05) is 67.6 Å². The van der Waals surface area contributed by atoms with Gasteiger partial charge in [0.05, 0.1) is 27.1 Å². The van der Waals surface area contributed by atoms with Gasteiger partial charge >= 0.3 is 0 Å². The number of aliphatic imine (C=N–C) groups is 1. The molecule has 1 aliphatic heterocycles. The van der Waals surface area contributed by atoms with Gasteiger partial charge in [0, 0.05) is 32.9 Å². The van der Waals surface area contributed by atoms with Gasteiger partial charge in [0.1, 0.15) is 0 Å². The molecule has 8 rings (SSSR count). The highest BCUT2D eigenvalue weighted by atomic mass is 32.1. The molecule has 5 heteroatoms. The van der Waals surface area contributed by atoms with Crippen molar-refractivity contribution in [2.75, 3.05) is 0 Å². The largest absolute Gasteiger partial charge is 0.259 e. The summed E-state index contributed by atoms with van der Waals surface area (Å²) in [4.78, 5) is 20.2. The van der Waals surface area contributed by atoms with Crippen LogP contribution < -0.4 is 0 Å². The number of rotatable bonds is 4. The zero-order valence-corrected chi connectivity index (χ0v) is 24.0. The summed E-state index contributed by atoms with van der Waals surface area (Å²) >= 11 is 1.82. The van der Waals surface area contributed by atoms with Gasteiger partial charge in [0.2, 0.25) is 0 Å². The minimum atomic E-state index is 0.798. The van der Waals surface area contributed by atoms with Crippen LogP contribution in [0.1, 0.15) is 56.0 Å². The fraction of sp³-hybridized carbons (Fsp3) is 0.222. The number of allylic oxidation sites excluding steroid dienone is 2. The third-order valence-electron chi connectivity index (χ3n) is 8.49. The van der Waals surface area contributed by atoms with Crippen molar-refractivity contribution in [3.05, 3.63) is 89.8 Å². The third kappa shape index (κ3) is 4.18. The van der Waals surface area contributed by atoms with E-state index in [1.54, 1.807) is 0 Å². The first-order valence-electron chi connectivity index (χ1n) is 14.7. The Hall–Kier alpha value is -4.22. The Morgan fingerprint density at radius 1 is 0.780 bits per heavy atom. The van der Waals surface area contributed by atoms with Crippen LogP contribution in [-0.4, -0.2) is 21.2 Å². The summed E-state index contributed by atoms with van der Waals surface area (Å²) in [7, 11) is 0. The normalized spacial score (nSPS) is 15.0. The number of hydrogen-bond donors (Lipinski definition) is 0. The molecule has 0 spiro atoms. The highest BCUT2D eigenvalue weighted by Gasteiger charge is 2.20. The first-order chi connectivity index (χ1) is 20.3. The van der Waals surface area contributed by atoms with E-state index in [1.165, 1.54) is 49.9 Å². The van der Waals surface area contributed by atoms with E-state index in [2.05, 4.69) is 79.7 Å². The van der Waals surface area contributed by atoms with Crippen molar-refractivity contribution in [3.8, 4) is 22.5 Å². The predicted molar refractivity (Wildman–Crippen MR) is 173 cm³/mol. The Bertz CT molecular complexity index is 2030. The molecule has 3 aromatic carbocycles. The lowest BCUT2D eigenvalue weighted by atomic mass is 9.95. The molecule has 0 bridgehead atoms. The van der Waals surface area contributed by atoms with Crippen molar-refractivity contribution < 1.29 is 0 Å². The standard InChI is InChI=1S/C36H30N4S/c1-2-26-21-29(27-19-18-24-11-8-20-37-31(24)33(27)38-26)22-14-16-25(17-15-22)36-39-32(23-9-4-3-5-10-23)35-34(40-36)28-12-6-7-13-30(28)41-35/h6-7,9,12-21H,2-5,8,10-11H2,1H3. The molecule has 1 aliphatic carbocycles. The van der Waals surface area contributed by atoms with E-state index in [1.807, 2.05) is 17.6 Å². The minimum Gasteiger partial charge on any atom is -0.259 e. The second-order valence-corrected chi connectivity index (χ2v) is 12.1. The number of hydrogen-bond acceptors (Lipinski definition) is 5. The molecule has 2 aliphatic rings. The average molecular weight is 551 g/mol. The molecule has 41 heavy (non-hydrogen) atoms. The highest BCUT2D eigenvalue weighted by molar-refractivity contribution is 7.26. The van der Waals surface area contributed by atoms with E-state index in [0.29, 0.717) is 0 Å². The minimum absolute atomic E-state index is 0.798. The second-order valence-electron chi connectivity index (χ2n) is 11.1. The number of aromatic nitrogens is 3. The Morgan fingerprint density at radius 3 is 2.51 bits per heavy atom. The summed E-state index contributed by atoms with van der Waals surface area (Å²) in [5, 5.41) is 2.37. The van der Waals surface area contributed by atoms with Crippen LogP contribution in [-0.2, 0) is 12.8 Å². The van der Waals surface area contributed by atoms with Gasteiger partial charge in [0.15, 0.2) is 5.82 Å². The summed E-state index contributed by atoms with van der Waals surface area (Å²) < 4.78 is 2.48. The number of fused-ring (bicyclic) bond motifs is 6. The van der Waals surface area contributed by atoms with Crippen molar-refractivity contribution >= 4 is 60.0 Å². The lowest BCUT2D eigenvalue weighted by Gasteiger charge is -2.16. The maximum absolute atomic E-state index is 5.22. The molecule has 0 fully saturated rings. The van der Waals surface area contributed by atoms with Crippen LogP contribution >= 0.6 is 11.3 Å². The zero-order chi connectivity index (χ0) is 27.3. The Morgan fingerprint density at radius 2 is 1.66 bits per heavy atom. The van der Waals surface area contributed by atoms with Gasteiger partial charge in [-0.15, -0.1) is 11.3 Å². The first-order valence-corrected chi connectivity index (χ1v) is 15.6. The monoisotopic (exact) mass is 550 g/mol. The molecule has 4 nitrogen and oxygen atoms in total. The molecule has 0 saturated carbocycles. The number of nitrogens with zero attached hydrogens (tertiary/aromatic N) is 4. The Labute approximate surface area is 243 Å². The molecule has 200 valence electrons. The van der Waals surface area contributed by atoms with Gasteiger partial charge in [0.25, 0.3) is 0 Å². The summed E-state index contributed by atoms with van der Waals surface area (Å²) in [6, 6.07) is 24.1. The highest BCUT2D eigenvalue weighted by Crippen LogP contribution is 2.41. The molecule has 0 radical (unpaired) electrons. The zero-order valence-electron chi connectivity index (χ0n) is 23.2. The van der Waals surface area contributed by atoms with Crippen LogP contribution in [0.25, 0.3) is 59.3 Å². The average Bonchev–Trinajstić information content (AvgIpc) is 3.43. The molecule has 4 heterocycles. The van der Waals surface area contributed by atoms with E-state index in [9.17, 15) is 0 Å². The summed E-state index contributed by atoms with van der Waals surface area (Å²) in [5.74, 6) is 0.798. The van der Waals surface area contributed by atoms with Crippen molar-refractivity contribution in [1.29, 1.82) is 0 Å². The summed E-state index contributed by atoms with van der Waals surface area (Å²) in [6.45, 7) is 2.17. The number of thiophene rings is 1. The fourth-order valence-corrected chi connectivity index (χ4v) is 7.47. The van der Waals surface area contributed by atoms with E-state index < -0.39 is 0 Å². The maximum Gasteiger partial charge on any atom is 0.160 e. The topological polar surface area (TPSA) is 51.0 Å². The molecule has 0 unspecified atom stereocenters. The van der Waals surface area contributed by atoms with Gasteiger partial charge in [-0.25, -0.2) is 9.97 Å². The van der Waals surface area contributed by atoms with E-state index >= 15 is 0 Å². The summed E-state index contributed by atoms with van der Waals surface area (Å²) in [5.41, 5.74) is 11.4. The van der Waals surface area contributed by atoms with Gasteiger partial charge < -0.3 is 0 Å². The second kappa shape index (κ2) is 10.0. The van der Waals surface area contributed by atoms with Crippen LogP contribution in [0.4, 0.5) is 5.69 Å². The van der Waals surface area contributed by atoms with Gasteiger partial charge in [-0.2, -0.15) is 0 Å². The molecular weight excluding hydrogens is 520 g/mol. The van der Waals surface area contributed by atoms with Crippen LogP contribution in [0.2, 0.25) is 0 Å². The Kier molecular flexibility index (Phi) is 5.99. The predicted octanol–water partition coefficient (Wildman–Crippen LogP) is 9.89. The van der Waals surface area contributed by atoms with E-state index in [-0.39, 0.29) is 0 Å². The van der Waals surface area contributed by atoms with Crippen LogP contribution in [0.15, 0.2) is 77.8 Å². The van der Waals surface area contributed by atoms with Gasteiger partial charge in [-0.05, 0) is 79.3 Å². The molecule has 0 N–H and O–H groups in total. The first kappa shape index (κ1) is 24.6. The van der Waals surface area contributed by atoms with Crippen molar-refractivity contribution in [2.24, 2.45) is 4.99 Å². The summed E-state index contributed by atoms with van der Waals surface area (Å²) in [6.07, 6.45) is 12.0. The maximum atomic E-state index is 5.22. The van der Waals surface area contributed by atoms with Gasteiger partial charge in [-0.3, -0.25) is 9.98 Å². The molecular formula is C36H30N4S. The van der Waals surface area contributed by atoms with E-state index in [0.717, 1.165) is 77.0 Å². The molecule has 0 saturated heterocycles. The van der Waals surface area contributed by atoms with Crippen molar-refractivity contribution in [2.45, 2.75) is 51.9 Å². The van der Waals surface area contributed by atoms with Crippen LogP contribution in [0, 0.1) is 0 Å². The van der Waals surface area contributed by atoms with Crippen molar-refractivity contribution in [1.82, 2.24) is 15.0 Å². The lowest BCUT2D eigenvalue weighted by Crippen LogP contribution is -1.99. The molecule has 6 aromatic rings. The smallest absolute Gasteiger partial charge is 0.160 e. The lowest BCUT2D eigenvalue weighted by molar-refractivity contribution is 0.740. The third-order valence-corrected chi connectivity index (χ3v) is 9.65. The number of pyridine rings is 1. The number of aryl methyl sites for hydroxylation is 2. The van der Waals surface area contributed by atoms with Crippen LogP contribution in [0.5, 0.6) is 0 Å². The quantitative estimate of drug-likeness (QED) is 0.219.